The van der Waals surface area contributed by atoms with Gasteiger partial charge in [-0.15, -0.1) is 0 Å². The van der Waals surface area contributed by atoms with Gasteiger partial charge in [-0.05, 0) is 12.0 Å². The molecule has 1 aromatic carbocycles. The second-order valence-electron chi connectivity index (χ2n) is 4.92. The Morgan fingerprint density at radius 2 is 2.05 bits per heavy atom. The minimum Gasteiger partial charge on any atom is -0.476 e. The zero-order valence-corrected chi connectivity index (χ0v) is 12.1. The van der Waals surface area contributed by atoms with Crippen LogP contribution in [0.15, 0.2) is 16.7 Å². The zero-order chi connectivity index (χ0) is 15.1. The Balaban J connectivity index is 2.21. The number of rotatable bonds is 3. The number of aromatic nitrogens is 1. The molecule has 2 heterocycles. The highest BCUT2D eigenvalue weighted by atomic mass is 35.5. The van der Waals surface area contributed by atoms with E-state index in [1.165, 1.54) is 6.07 Å². The summed E-state index contributed by atoms with van der Waals surface area (Å²) >= 11 is 6.19. The Kier molecular flexibility index (Phi) is 3.25. The number of nitrogens with zero attached hydrogens (tertiary/aromatic N) is 1. The van der Waals surface area contributed by atoms with E-state index in [1.54, 1.807) is 6.07 Å². The van der Waals surface area contributed by atoms with E-state index in [1.807, 2.05) is 13.8 Å². The van der Waals surface area contributed by atoms with Gasteiger partial charge in [-0.3, -0.25) is 0 Å². The molecule has 0 amide bonds. The molecule has 2 aromatic rings. The summed E-state index contributed by atoms with van der Waals surface area (Å²) < 4.78 is 16.0. The maximum Gasteiger partial charge on any atom is 0.358 e. The molecule has 0 spiro atoms. The lowest BCUT2D eigenvalue weighted by Crippen LogP contribution is -1.97. The summed E-state index contributed by atoms with van der Waals surface area (Å²) in [6.07, 6.45) is 0. The monoisotopic (exact) mass is 309 g/mol. The molecule has 3 rings (SSSR count). The normalized spacial score (nSPS) is 13.0. The third-order valence-electron chi connectivity index (χ3n) is 3.21. The summed E-state index contributed by atoms with van der Waals surface area (Å²) in [7, 11) is 0. The Labute approximate surface area is 125 Å². The van der Waals surface area contributed by atoms with Crippen LogP contribution in [0.4, 0.5) is 0 Å². The number of benzene rings is 1. The van der Waals surface area contributed by atoms with Gasteiger partial charge in [-0.25, -0.2) is 4.79 Å². The first kappa shape index (κ1) is 13.8. The Bertz CT molecular complexity index is 722. The lowest BCUT2D eigenvalue weighted by Gasteiger charge is -2.14. The minimum atomic E-state index is -1.15. The maximum absolute atomic E-state index is 10.9. The number of carbonyl (C=O) groups is 1. The highest BCUT2D eigenvalue weighted by Gasteiger charge is 2.28. The van der Waals surface area contributed by atoms with Crippen molar-refractivity contribution < 1.29 is 23.9 Å². The van der Waals surface area contributed by atoms with Crippen molar-refractivity contribution in [3.05, 3.63) is 28.4 Å². The van der Waals surface area contributed by atoms with Crippen LogP contribution in [0.3, 0.4) is 0 Å². The summed E-state index contributed by atoms with van der Waals surface area (Å²) in [6.45, 7) is 4.08. The van der Waals surface area contributed by atoms with Crippen LogP contribution >= 0.6 is 11.6 Å². The van der Waals surface area contributed by atoms with E-state index >= 15 is 0 Å². The number of aromatic carboxylic acids is 1. The molecule has 1 aromatic heterocycles. The van der Waals surface area contributed by atoms with Crippen LogP contribution in [0, 0.1) is 0 Å². The Hall–Kier alpha value is -2.21. The Morgan fingerprint density at radius 3 is 2.67 bits per heavy atom. The summed E-state index contributed by atoms with van der Waals surface area (Å²) in [5.41, 5.74) is 1.34. The fraction of sp³-hybridized carbons (Fsp3) is 0.286. The molecule has 0 aliphatic carbocycles. The van der Waals surface area contributed by atoms with Gasteiger partial charge in [0.1, 0.15) is 0 Å². The van der Waals surface area contributed by atoms with Crippen LogP contribution in [0.5, 0.6) is 11.5 Å². The lowest BCUT2D eigenvalue weighted by atomic mass is 9.94. The van der Waals surface area contributed by atoms with Crippen molar-refractivity contribution in [1.82, 2.24) is 5.16 Å². The molecule has 0 saturated heterocycles. The van der Waals surface area contributed by atoms with Gasteiger partial charge in [0.05, 0.1) is 5.02 Å². The SMILES string of the molecule is CC(C)c1c(-c2cc(C(=O)O)no2)cc(Cl)c2c1OCO2. The third-order valence-corrected chi connectivity index (χ3v) is 3.49. The second kappa shape index (κ2) is 4.96. The predicted octanol–water partition coefficient (Wildman–Crippen LogP) is 3.55. The number of halogens is 1. The average Bonchev–Trinajstić information content (AvgIpc) is 3.07. The van der Waals surface area contributed by atoms with E-state index in [9.17, 15) is 4.79 Å². The number of carboxylic acid groups (broad SMARTS) is 1. The quantitative estimate of drug-likeness (QED) is 0.933. The molecule has 0 bridgehead atoms. The first-order valence-corrected chi connectivity index (χ1v) is 6.69. The van der Waals surface area contributed by atoms with E-state index in [4.69, 9.17) is 30.7 Å². The van der Waals surface area contributed by atoms with Crippen molar-refractivity contribution in [1.29, 1.82) is 0 Å². The van der Waals surface area contributed by atoms with Gasteiger partial charge in [0.25, 0.3) is 0 Å². The van der Waals surface area contributed by atoms with Crippen molar-refractivity contribution in [2.75, 3.05) is 6.79 Å². The first-order valence-electron chi connectivity index (χ1n) is 6.31. The molecule has 0 radical (unpaired) electrons. The molecule has 110 valence electrons. The van der Waals surface area contributed by atoms with Gasteiger partial charge in [0.15, 0.2) is 23.0 Å². The maximum atomic E-state index is 10.9. The van der Waals surface area contributed by atoms with Crippen molar-refractivity contribution in [3.63, 3.8) is 0 Å². The van der Waals surface area contributed by atoms with Crippen LogP contribution in [-0.2, 0) is 0 Å². The van der Waals surface area contributed by atoms with Crippen LogP contribution in [-0.4, -0.2) is 23.0 Å². The molecule has 1 N–H and O–H groups in total. The van der Waals surface area contributed by atoms with E-state index < -0.39 is 5.97 Å². The zero-order valence-electron chi connectivity index (χ0n) is 11.3. The summed E-state index contributed by atoms with van der Waals surface area (Å²) in [5, 5.41) is 12.9. The summed E-state index contributed by atoms with van der Waals surface area (Å²) in [6, 6.07) is 3.04. The van der Waals surface area contributed by atoms with Gasteiger partial charge < -0.3 is 19.1 Å². The van der Waals surface area contributed by atoms with E-state index in [2.05, 4.69) is 5.16 Å². The number of carboxylic acids is 1. The van der Waals surface area contributed by atoms with Gasteiger partial charge in [0, 0.05) is 17.2 Å². The number of fused-ring (bicyclic) bond motifs is 1. The molecule has 0 atom stereocenters. The number of ether oxygens (including phenoxy) is 2. The number of hydrogen-bond donors (Lipinski definition) is 1. The molecule has 0 unspecified atom stereocenters. The van der Waals surface area contributed by atoms with Gasteiger partial charge >= 0.3 is 5.97 Å². The van der Waals surface area contributed by atoms with Crippen LogP contribution < -0.4 is 9.47 Å². The van der Waals surface area contributed by atoms with Crippen molar-refractivity contribution in [3.8, 4) is 22.8 Å². The van der Waals surface area contributed by atoms with Crippen molar-refractivity contribution in [2.45, 2.75) is 19.8 Å². The standard InChI is InChI=1S/C14H12ClNO5/c1-6(2)11-7(10-4-9(14(17)18)16-21-10)3-8(15)12-13(11)20-5-19-12/h3-4,6H,5H2,1-2H3,(H,17,18). The fourth-order valence-corrected chi connectivity index (χ4v) is 2.58. The molecule has 1 aliphatic heterocycles. The average molecular weight is 310 g/mol. The van der Waals surface area contributed by atoms with E-state index in [-0.39, 0.29) is 18.4 Å². The highest BCUT2D eigenvalue weighted by Crippen LogP contribution is 2.49. The summed E-state index contributed by atoms with van der Waals surface area (Å²) in [4.78, 5) is 10.9. The summed E-state index contributed by atoms with van der Waals surface area (Å²) in [5.74, 6) is 0.355. The molecule has 1 aliphatic rings. The van der Waals surface area contributed by atoms with Gasteiger partial charge in [-0.1, -0.05) is 30.6 Å². The molecular formula is C14H12ClNO5. The minimum absolute atomic E-state index is 0.103. The molecule has 0 saturated carbocycles. The third kappa shape index (κ3) is 2.21. The lowest BCUT2D eigenvalue weighted by molar-refractivity contribution is 0.0686. The van der Waals surface area contributed by atoms with E-state index in [0.29, 0.717) is 27.8 Å². The van der Waals surface area contributed by atoms with Gasteiger partial charge in [-0.2, -0.15) is 0 Å². The largest absolute Gasteiger partial charge is 0.476 e. The number of hydrogen-bond acceptors (Lipinski definition) is 5. The highest BCUT2D eigenvalue weighted by molar-refractivity contribution is 6.32. The van der Waals surface area contributed by atoms with Crippen LogP contribution in [0.2, 0.25) is 5.02 Å². The smallest absolute Gasteiger partial charge is 0.358 e. The van der Waals surface area contributed by atoms with Crippen molar-refractivity contribution >= 4 is 17.6 Å². The molecule has 21 heavy (non-hydrogen) atoms. The molecule has 0 fully saturated rings. The molecular weight excluding hydrogens is 298 g/mol. The van der Waals surface area contributed by atoms with E-state index in [0.717, 1.165) is 5.56 Å². The second-order valence-corrected chi connectivity index (χ2v) is 5.33. The molecule has 6 nitrogen and oxygen atoms in total. The first-order chi connectivity index (χ1) is 9.99. The van der Waals surface area contributed by atoms with Crippen molar-refractivity contribution in [2.24, 2.45) is 0 Å². The fourth-order valence-electron chi connectivity index (χ4n) is 2.33. The topological polar surface area (TPSA) is 81.8 Å². The van der Waals surface area contributed by atoms with Gasteiger partial charge in [0.2, 0.25) is 6.79 Å². The van der Waals surface area contributed by atoms with Crippen LogP contribution in [0.25, 0.3) is 11.3 Å². The van der Waals surface area contributed by atoms with Crippen LogP contribution in [0.1, 0.15) is 35.8 Å². The predicted molar refractivity (Wildman–Crippen MR) is 74.1 cm³/mol. The molecule has 7 heteroatoms. The Morgan fingerprint density at radius 1 is 1.33 bits per heavy atom.